The minimum absolute atomic E-state index is 0.108. The molecule has 1 saturated carbocycles. The summed E-state index contributed by atoms with van der Waals surface area (Å²) >= 11 is 0. The summed E-state index contributed by atoms with van der Waals surface area (Å²) < 4.78 is 6.39. The molecular formula is C23H29N3O5. The predicted octanol–water partition coefficient (Wildman–Crippen LogP) is 1.20. The molecule has 1 aromatic carbocycles. The molecule has 31 heavy (non-hydrogen) atoms. The SMILES string of the molecule is O=C1CCC(N2Cc3cc(OC4CCCC4N4CCC(O)CC4)ccc3C2=O)C(=O)N1. The Labute approximate surface area is 181 Å². The van der Waals surface area contributed by atoms with Crippen molar-refractivity contribution in [3.8, 4) is 5.75 Å². The molecule has 8 nitrogen and oxygen atoms in total. The molecule has 0 spiro atoms. The van der Waals surface area contributed by atoms with Crippen molar-refractivity contribution >= 4 is 17.7 Å². The van der Waals surface area contributed by atoms with Crippen LogP contribution in [0.25, 0.3) is 0 Å². The standard InChI is InChI=1S/C23H29N3O5/c27-15-8-10-25(11-9-15)18-2-1-3-20(18)31-16-4-5-17-14(12-16)13-26(23(17)30)19-6-7-21(28)24-22(19)29/h4-5,12,15,18-20,27H,1-3,6-11,13H2,(H,24,28,29). The van der Waals surface area contributed by atoms with E-state index in [0.29, 0.717) is 24.6 Å². The van der Waals surface area contributed by atoms with Gasteiger partial charge in [-0.15, -0.1) is 0 Å². The number of carbonyl (C=O) groups is 3. The van der Waals surface area contributed by atoms with Crippen LogP contribution in [0.5, 0.6) is 5.75 Å². The number of likely N-dealkylation sites (tertiary alicyclic amines) is 1. The summed E-state index contributed by atoms with van der Waals surface area (Å²) in [6.07, 6.45) is 5.41. The number of fused-ring (bicyclic) bond motifs is 1. The smallest absolute Gasteiger partial charge is 0.255 e. The monoisotopic (exact) mass is 427 g/mol. The molecule has 2 N–H and O–H groups in total. The molecule has 3 fully saturated rings. The van der Waals surface area contributed by atoms with Crippen molar-refractivity contribution < 1.29 is 24.2 Å². The number of amides is 3. The summed E-state index contributed by atoms with van der Waals surface area (Å²) in [5.74, 6) is -0.0861. The van der Waals surface area contributed by atoms with Gasteiger partial charge in [-0.2, -0.15) is 0 Å². The highest BCUT2D eigenvalue weighted by molar-refractivity contribution is 6.05. The minimum Gasteiger partial charge on any atom is -0.489 e. The fourth-order valence-electron chi connectivity index (χ4n) is 5.48. The van der Waals surface area contributed by atoms with E-state index in [1.807, 2.05) is 12.1 Å². The van der Waals surface area contributed by atoms with Gasteiger partial charge in [0.05, 0.1) is 6.10 Å². The van der Waals surface area contributed by atoms with Crippen molar-refractivity contribution in [3.63, 3.8) is 0 Å². The second-order valence-electron chi connectivity index (χ2n) is 9.14. The highest BCUT2D eigenvalue weighted by atomic mass is 16.5. The Morgan fingerprint density at radius 1 is 1.03 bits per heavy atom. The number of piperidine rings is 2. The summed E-state index contributed by atoms with van der Waals surface area (Å²) in [6, 6.07) is 5.33. The minimum atomic E-state index is -0.601. The number of hydrogen-bond acceptors (Lipinski definition) is 6. The highest BCUT2D eigenvalue weighted by Crippen LogP contribution is 2.34. The Hall–Kier alpha value is -2.45. The van der Waals surface area contributed by atoms with E-state index in [2.05, 4.69) is 10.2 Å². The van der Waals surface area contributed by atoms with Crippen molar-refractivity contribution in [3.05, 3.63) is 29.3 Å². The predicted molar refractivity (Wildman–Crippen MR) is 111 cm³/mol. The maximum atomic E-state index is 12.9. The highest BCUT2D eigenvalue weighted by Gasteiger charge is 2.40. The van der Waals surface area contributed by atoms with Gasteiger partial charge < -0.3 is 14.7 Å². The van der Waals surface area contributed by atoms with Gasteiger partial charge in [-0.3, -0.25) is 24.6 Å². The number of hydrogen-bond donors (Lipinski definition) is 2. The van der Waals surface area contributed by atoms with Crippen molar-refractivity contribution in [2.24, 2.45) is 0 Å². The molecule has 4 aliphatic rings. The molecular weight excluding hydrogens is 398 g/mol. The van der Waals surface area contributed by atoms with Crippen LogP contribution in [-0.2, 0) is 16.1 Å². The van der Waals surface area contributed by atoms with Crippen molar-refractivity contribution in [1.82, 2.24) is 15.1 Å². The maximum absolute atomic E-state index is 12.9. The quantitative estimate of drug-likeness (QED) is 0.701. The molecule has 5 rings (SSSR count). The molecule has 8 heteroatoms. The lowest BCUT2D eigenvalue weighted by Gasteiger charge is -2.37. The van der Waals surface area contributed by atoms with Crippen LogP contribution in [0.15, 0.2) is 18.2 Å². The maximum Gasteiger partial charge on any atom is 0.255 e. The van der Waals surface area contributed by atoms with Gasteiger partial charge in [0.15, 0.2) is 0 Å². The summed E-state index contributed by atoms with van der Waals surface area (Å²) in [4.78, 5) is 40.5. The number of imide groups is 1. The van der Waals surface area contributed by atoms with E-state index < -0.39 is 11.9 Å². The fourth-order valence-corrected chi connectivity index (χ4v) is 5.48. The summed E-state index contributed by atoms with van der Waals surface area (Å²) in [5, 5.41) is 12.1. The van der Waals surface area contributed by atoms with Crippen LogP contribution in [0.1, 0.15) is 60.9 Å². The molecule has 1 aliphatic carbocycles. The van der Waals surface area contributed by atoms with E-state index >= 15 is 0 Å². The van der Waals surface area contributed by atoms with Crippen LogP contribution in [0.2, 0.25) is 0 Å². The fraction of sp³-hybridized carbons (Fsp3) is 0.609. The molecule has 3 amide bonds. The average molecular weight is 428 g/mol. The molecule has 2 saturated heterocycles. The molecule has 166 valence electrons. The Bertz CT molecular complexity index is 895. The third kappa shape index (κ3) is 3.94. The first-order chi connectivity index (χ1) is 15.0. The first-order valence-corrected chi connectivity index (χ1v) is 11.4. The Morgan fingerprint density at radius 3 is 2.61 bits per heavy atom. The second-order valence-corrected chi connectivity index (χ2v) is 9.14. The number of aliphatic hydroxyl groups is 1. The Kier molecular flexibility index (Phi) is 5.44. The van der Waals surface area contributed by atoms with Gasteiger partial charge in [-0.25, -0.2) is 0 Å². The molecule has 0 radical (unpaired) electrons. The van der Waals surface area contributed by atoms with Crippen molar-refractivity contribution in [2.45, 2.75) is 75.8 Å². The van der Waals surface area contributed by atoms with E-state index in [1.54, 1.807) is 11.0 Å². The number of carbonyl (C=O) groups excluding carboxylic acids is 3. The van der Waals surface area contributed by atoms with E-state index in [0.717, 1.165) is 56.5 Å². The van der Waals surface area contributed by atoms with Gasteiger partial charge in [0.1, 0.15) is 17.9 Å². The van der Waals surface area contributed by atoms with E-state index in [9.17, 15) is 19.5 Å². The number of nitrogens with zero attached hydrogens (tertiary/aromatic N) is 2. The van der Waals surface area contributed by atoms with E-state index in [1.165, 1.54) is 0 Å². The van der Waals surface area contributed by atoms with Crippen LogP contribution in [0, 0.1) is 0 Å². The van der Waals surface area contributed by atoms with Gasteiger partial charge in [0, 0.05) is 37.7 Å². The van der Waals surface area contributed by atoms with E-state index in [-0.39, 0.29) is 30.4 Å². The second kappa shape index (κ2) is 8.24. The third-order valence-corrected chi connectivity index (χ3v) is 7.17. The normalized spacial score (nSPS) is 29.9. The zero-order chi connectivity index (χ0) is 21.5. The Morgan fingerprint density at radius 2 is 1.84 bits per heavy atom. The van der Waals surface area contributed by atoms with Gasteiger partial charge >= 0.3 is 0 Å². The van der Waals surface area contributed by atoms with Crippen LogP contribution in [0.4, 0.5) is 0 Å². The number of aliphatic hydroxyl groups excluding tert-OH is 1. The number of nitrogens with one attached hydrogen (secondary N) is 1. The summed E-state index contributed by atoms with van der Waals surface area (Å²) in [5.41, 5.74) is 1.47. The topological polar surface area (TPSA) is 99.2 Å². The Balaban J connectivity index is 1.27. The number of benzene rings is 1. The first kappa shape index (κ1) is 20.5. The lowest BCUT2D eigenvalue weighted by molar-refractivity contribution is -0.136. The molecule has 3 atom stereocenters. The lowest BCUT2D eigenvalue weighted by Crippen LogP contribution is -2.52. The molecule has 0 bridgehead atoms. The van der Waals surface area contributed by atoms with Gasteiger partial charge in [0.25, 0.3) is 5.91 Å². The van der Waals surface area contributed by atoms with Crippen molar-refractivity contribution in [1.29, 1.82) is 0 Å². The van der Waals surface area contributed by atoms with Gasteiger partial charge in [-0.1, -0.05) is 0 Å². The molecule has 3 heterocycles. The first-order valence-electron chi connectivity index (χ1n) is 11.4. The van der Waals surface area contributed by atoms with Crippen molar-refractivity contribution in [2.75, 3.05) is 13.1 Å². The largest absolute Gasteiger partial charge is 0.489 e. The van der Waals surface area contributed by atoms with Crippen LogP contribution in [-0.4, -0.2) is 70.0 Å². The average Bonchev–Trinajstić information content (AvgIpc) is 3.33. The number of ether oxygens (including phenoxy) is 1. The van der Waals surface area contributed by atoms with E-state index in [4.69, 9.17) is 4.74 Å². The number of rotatable bonds is 4. The summed E-state index contributed by atoms with van der Waals surface area (Å²) in [6.45, 7) is 2.17. The van der Waals surface area contributed by atoms with Crippen LogP contribution >= 0.6 is 0 Å². The summed E-state index contributed by atoms with van der Waals surface area (Å²) in [7, 11) is 0. The third-order valence-electron chi connectivity index (χ3n) is 7.17. The molecule has 1 aromatic rings. The zero-order valence-corrected chi connectivity index (χ0v) is 17.6. The van der Waals surface area contributed by atoms with Gasteiger partial charge in [0.2, 0.25) is 11.8 Å². The lowest BCUT2D eigenvalue weighted by atomic mass is 10.0. The molecule has 0 aromatic heterocycles. The van der Waals surface area contributed by atoms with Crippen LogP contribution < -0.4 is 10.1 Å². The van der Waals surface area contributed by atoms with Crippen LogP contribution in [0.3, 0.4) is 0 Å². The zero-order valence-electron chi connectivity index (χ0n) is 17.6. The molecule has 3 aliphatic heterocycles. The van der Waals surface area contributed by atoms with Gasteiger partial charge in [-0.05, 0) is 62.3 Å². The molecule has 3 unspecified atom stereocenters.